The molecule has 0 aliphatic carbocycles. The molecular weight excluding hydrogens is 180 g/mol. The maximum absolute atomic E-state index is 10.4. The molecule has 0 aromatic carbocycles. The number of hydrogen-bond donors (Lipinski definition) is 1. The highest BCUT2D eigenvalue weighted by Gasteiger charge is 2.05. The molecule has 0 aliphatic heterocycles. The zero-order chi connectivity index (χ0) is 11.7. The molecule has 2 unspecified atom stereocenters. The van der Waals surface area contributed by atoms with Gasteiger partial charge in [0.2, 0.25) is 0 Å². The van der Waals surface area contributed by atoms with E-state index in [9.17, 15) is 9.59 Å². The van der Waals surface area contributed by atoms with E-state index in [2.05, 4.69) is 0 Å². The van der Waals surface area contributed by atoms with Crippen molar-refractivity contribution in [2.75, 3.05) is 0 Å². The van der Waals surface area contributed by atoms with Gasteiger partial charge in [-0.05, 0) is 19.8 Å². The number of Topliss-reactive ketones (excluding diaryl/α,β-unsaturated/α-hetero) is 1. The molecule has 0 radical (unpaired) electrons. The average Bonchev–Trinajstić information content (AvgIpc) is 2.15. The predicted molar refractivity (Wildman–Crippen MR) is 57.2 cm³/mol. The smallest absolute Gasteiger partial charge is 0.306 e. The number of carbonyl (C=O) groups excluding carboxylic acids is 1. The maximum atomic E-state index is 10.4. The molecule has 0 spiro atoms. The lowest BCUT2D eigenvalue weighted by Gasteiger charge is -1.98. The molecular formula is C11H22O3. The van der Waals surface area contributed by atoms with Gasteiger partial charge in [-0.3, -0.25) is 9.59 Å². The largest absolute Gasteiger partial charge is 0.481 e. The number of carboxylic acids is 1. The summed E-state index contributed by atoms with van der Waals surface area (Å²) in [4.78, 5) is 20.3. The van der Waals surface area contributed by atoms with Crippen LogP contribution in [0.15, 0.2) is 0 Å². The summed E-state index contributed by atoms with van der Waals surface area (Å²) in [6.07, 6.45) is 1.69. The second-order valence-corrected chi connectivity index (χ2v) is 3.57. The van der Waals surface area contributed by atoms with Gasteiger partial charge in [0, 0.05) is 5.92 Å². The second-order valence-electron chi connectivity index (χ2n) is 3.57. The van der Waals surface area contributed by atoms with Gasteiger partial charge in [-0.25, -0.2) is 0 Å². The molecule has 0 amide bonds. The Morgan fingerprint density at radius 2 is 1.43 bits per heavy atom. The van der Waals surface area contributed by atoms with Crippen LogP contribution in [0.3, 0.4) is 0 Å². The SMILES string of the molecule is CCC(C)C(=O)O.CCC(C)C(C)=O. The molecule has 0 aliphatic rings. The highest BCUT2D eigenvalue weighted by atomic mass is 16.4. The fourth-order valence-electron chi connectivity index (χ4n) is 0.462. The van der Waals surface area contributed by atoms with Crippen molar-refractivity contribution in [2.45, 2.75) is 47.5 Å². The minimum absolute atomic E-state index is 0.181. The minimum Gasteiger partial charge on any atom is -0.481 e. The molecule has 0 saturated heterocycles. The molecule has 0 fully saturated rings. The summed E-state index contributed by atoms with van der Waals surface area (Å²) in [5.74, 6) is -0.329. The number of hydrogen-bond acceptors (Lipinski definition) is 2. The van der Waals surface area contributed by atoms with Gasteiger partial charge >= 0.3 is 5.97 Å². The molecule has 2 atom stereocenters. The van der Waals surface area contributed by atoms with E-state index in [1.54, 1.807) is 13.8 Å². The number of carboxylic acid groups (broad SMARTS) is 1. The van der Waals surface area contributed by atoms with Gasteiger partial charge in [0.1, 0.15) is 5.78 Å². The van der Waals surface area contributed by atoms with Gasteiger partial charge in [0.05, 0.1) is 5.92 Å². The van der Waals surface area contributed by atoms with Gasteiger partial charge in [0.25, 0.3) is 0 Å². The Labute approximate surface area is 86.5 Å². The first-order valence-corrected chi connectivity index (χ1v) is 5.09. The van der Waals surface area contributed by atoms with Crippen molar-refractivity contribution in [1.29, 1.82) is 0 Å². The summed E-state index contributed by atoms with van der Waals surface area (Å²) in [5.41, 5.74) is 0. The summed E-state index contributed by atoms with van der Waals surface area (Å²) in [6, 6.07) is 0. The molecule has 0 rings (SSSR count). The van der Waals surface area contributed by atoms with Crippen molar-refractivity contribution in [2.24, 2.45) is 11.8 Å². The summed E-state index contributed by atoms with van der Waals surface area (Å²) >= 11 is 0. The van der Waals surface area contributed by atoms with Crippen molar-refractivity contribution in [1.82, 2.24) is 0 Å². The van der Waals surface area contributed by atoms with Crippen LogP contribution in [0.2, 0.25) is 0 Å². The van der Waals surface area contributed by atoms with E-state index in [0.717, 1.165) is 12.8 Å². The molecule has 3 nitrogen and oxygen atoms in total. The lowest BCUT2D eigenvalue weighted by atomic mass is 10.1. The van der Waals surface area contributed by atoms with Gasteiger partial charge in [0.15, 0.2) is 0 Å². The Hall–Kier alpha value is -0.860. The first-order valence-electron chi connectivity index (χ1n) is 5.09. The maximum Gasteiger partial charge on any atom is 0.306 e. The van der Waals surface area contributed by atoms with Crippen LogP contribution in [-0.4, -0.2) is 16.9 Å². The van der Waals surface area contributed by atoms with E-state index in [1.807, 2.05) is 20.8 Å². The third-order valence-electron chi connectivity index (χ3n) is 2.34. The fourth-order valence-corrected chi connectivity index (χ4v) is 0.462. The van der Waals surface area contributed by atoms with E-state index in [-0.39, 0.29) is 11.8 Å². The molecule has 84 valence electrons. The third-order valence-corrected chi connectivity index (χ3v) is 2.34. The number of carbonyl (C=O) groups is 2. The first-order chi connectivity index (χ1) is 6.36. The summed E-state index contributed by atoms with van der Waals surface area (Å²) in [6.45, 7) is 9.16. The van der Waals surface area contributed by atoms with Crippen molar-refractivity contribution >= 4 is 11.8 Å². The third kappa shape index (κ3) is 9.23. The Bertz CT molecular complexity index is 155. The molecule has 0 bridgehead atoms. The van der Waals surface area contributed by atoms with Gasteiger partial charge < -0.3 is 5.11 Å². The molecule has 0 aromatic heterocycles. The lowest BCUT2D eigenvalue weighted by Crippen LogP contribution is -2.06. The zero-order valence-electron chi connectivity index (χ0n) is 9.83. The molecule has 14 heavy (non-hydrogen) atoms. The van der Waals surface area contributed by atoms with Gasteiger partial charge in [-0.1, -0.05) is 27.7 Å². The molecule has 1 N–H and O–H groups in total. The highest BCUT2D eigenvalue weighted by molar-refractivity contribution is 5.77. The van der Waals surface area contributed by atoms with Crippen LogP contribution in [-0.2, 0) is 9.59 Å². The van der Waals surface area contributed by atoms with Crippen LogP contribution < -0.4 is 0 Å². The van der Waals surface area contributed by atoms with E-state index >= 15 is 0 Å². The second kappa shape index (κ2) is 8.73. The van der Waals surface area contributed by atoms with E-state index in [1.165, 1.54) is 0 Å². The van der Waals surface area contributed by atoms with Crippen LogP contribution >= 0.6 is 0 Å². The van der Waals surface area contributed by atoms with E-state index in [4.69, 9.17) is 5.11 Å². The fraction of sp³-hybridized carbons (Fsp3) is 0.818. The van der Waals surface area contributed by atoms with Crippen LogP contribution in [0, 0.1) is 11.8 Å². The monoisotopic (exact) mass is 202 g/mol. The van der Waals surface area contributed by atoms with Gasteiger partial charge in [-0.2, -0.15) is 0 Å². The normalized spacial score (nSPS) is 13.5. The Kier molecular flexibility index (Phi) is 9.73. The molecule has 0 heterocycles. The van der Waals surface area contributed by atoms with Gasteiger partial charge in [-0.15, -0.1) is 0 Å². The first kappa shape index (κ1) is 15.6. The Balaban J connectivity index is 0. The van der Waals surface area contributed by atoms with Crippen LogP contribution in [0.4, 0.5) is 0 Å². The van der Waals surface area contributed by atoms with Crippen molar-refractivity contribution < 1.29 is 14.7 Å². The summed E-state index contributed by atoms with van der Waals surface area (Å²) < 4.78 is 0. The Morgan fingerprint density at radius 3 is 1.43 bits per heavy atom. The van der Waals surface area contributed by atoms with Crippen LogP contribution in [0.1, 0.15) is 47.5 Å². The number of aliphatic carboxylic acids is 1. The average molecular weight is 202 g/mol. The molecule has 0 saturated carbocycles. The number of rotatable bonds is 4. The zero-order valence-corrected chi connectivity index (χ0v) is 9.83. The van der Waals surface area contributed by atoms with Crippen molar-refractivity contribution in [3.8, 4) is 0 Å². The minimum atomic E-state index is -0.706. The topological polar surface area (TPSA) is 54.4 Å². The summed E-state index contributed by atoms with van der Waals surface area (Å²) in [5, 5.41) is 8.18. The highest BCUT2D eigenvalue weighted by Crippen LogP contribution is 1.99. The van der Waals surface area contributed by atoms with Crippen LogP contribution in [0.5, 0.6) is 0 Å². The van der Waals surface area contributed by atoms with E-state index < -0.39 is 5.97 Å². The Morgan fingerprint density at radius 1 is 1.07 bits per heavy atom. The van der Waals surface area contributed by atoms with Crippen molar-refractivity contribution in [3.63, 3.8) is 0 Å². The predicted octanol–water partition coefficient (Wildman–Crippen LogP) is 2.74. The number of ketones is 1. The molecule has 3 heteroatoms. The summed E-state index contributed by atoms with van der Waals surface area (Å²) in [7, 11) is 0. The quantitative estimate of drug-likeness (QED) is 0.762. The lowest BCUT2D eigenvalue weighted by molar-refractivity contribution is -0.141. The van der Waals surface area contributed by atoms with Crippen LogP contribution in [0.25, 0.3) is 0 Å². The standard InChI is InChI=1S/C6H12O.C5H10O2/c1-4-5(2)6(3)7;1-3-4(2)5(6)7/h5H,4H2,1-3H3;4H,3H2,1-2H3,(H,6,7). The molecule has 0 aromatic rings. The van der Waals surface area contributed by atoms with E-state index in [0.29, 0.717) is 5.78 Å². The van der Waals surface area contributed by atoms with Crippen molar-refractivity contribution in [3.05, 3.63) is 0 Å².